The minimum atomic E-state index is -2.41. The Morgan fingerprint density at radius 3 is 2.46 bits per heavy atom. The van der Waals surface area contributed by atoms with E-state index in [4.69, 9.17) is 8.85 Å². The molecule has 0 aromatic heterocycles. The van der Waals surface area contributed by atoms with Crippen LogP contribution in [-0.2, 0) is 15.3 Å². The summed E-state index contributed by atoms with van der Waals surface area (Å²) in [5.74, 6) is 1.62. The van der Waals surface area contributed by atoms with Crippen molar-refractivity contribution in [2.24, 2.45) is 0 Å². The van der Waals surface area contributed by atoms with Crippen molar-refractivity contribution < 1.29 is 8.85 Å². The molecule has 1 aliphatic carbocycles. The van der Waals surface area contributed by atoms with Gasteiger partial charge >= 0.3 is 8.56 Å². The molecule has 0 bridgehead atoms. The average Bonchev–Trinajstić information content (AvgIpc) is 2.63. The van der Waals surface area contributed by atoms with E-state index in [-0.39, 0.29) is 0 Å². The van der Waals surface area contributed by atoms with E-state index in [9.17, 15) is 0 Å². The van der Waals surface area contributed by atoms with Gasteiger partial charge in [-0.15, -0.1) is 0 Å². The Labute approximate surface area is 157 Å². The molecule has 0 aliphatic heterocycles. The van der Waals surface area contributed by atoms with Gasteiger partial charge in [-0.3, -0.25) is 0 Å². The van der Waals surface area contributed by atoms with E-state index >= 15 is 0 Å². The van der Waals surface area contributed by atoms with Crippen molar-refractivity contribution in [3.63, 3.8) is 0 Å². The summed E-state index contributed by atoms with van der Waals surface area (Å²) in [6.07, 6.45) is 6.02. The van der Waals surface area contributed by atoms with Gasteiger partial charge in [-0.05, 0) is 42.5 Å². The summed E-state index contributed by atoms with van der Waals surface area (Å²) in [4.78, 5) is 0. The van der Waals surface area contributed by atoms with Gasteiger partial charge in [0.1, 0.15) is 5.76 Å². The lowest BCUT2D eigenvalue weighted by molar-refractivity contribution is 0.316. The first kappa shape index (κ1) is 18.3. The summed E-state index contributed by atoms with van der Waals surface area (Å²) in [7, 11) is -2.41. The molecular weight excluding hydrogens is 336 g/mol. The number of rotatable bonds is 6. The number of allylic oxidation sites excluding steroid dienone is 2. The van der Waals surface area contributed by atoms with E-state index in [0.717, 1.165) is 24.2 Å². The van der Waals surface area contributed by atoms with Crippen LogP contribution in [0.15, 0.2) is 78.6 Å². The maximum Gasteiger partial charge on any atom is 0.454 e. The Kier molecular flexibility index (Phi) is 5.48. The molecule has 0 saturated carbocycles. The zero-order valence-corrected chi connectivity index (χ0v) is 16.8. The Bertz CT molecular complexity index is 848. The maximum atomic E-state index is 6.44. The van der Waals surface area contributed by atoms with Gasteiger partial charge in [0, 0.05) is 18.7 Å². The molecule has 2 aromatic rings. The highest BCUT2D eigenvalue weighted by molar-refractivity contribution is 6.65. The first-order chi connectivity index (χ1) is 12.4. The fourth-order valence-electron chi connectivity index (χ4n) is 3.14. The molecule has 3 heteroatoms. The van der Waals surface area contributed by atoms with E-state index in [1.54, 1.807) is 0 Å². The molecule has 134 valence electrons. The number of benzene rings is 2. The van der Waals surface area contributed by atoms with E-state index in [1.807, 2.05) is 30.4 Å². The zero-order chi connectivity index (χ0) is 18.6. The summed E-state index contributed by atoms with van der Waals surface area (Å²) in [6, 6.07) is 18.6. The third-order valence-corrected chi connectivity index (χ3v) is 5.85. The SMILES string of the molecule is C=C(/C=C/c1ccccc1)O[Si](C)(C)OC1=C(C)CCc2ccccc21. The highest BCUT2D eigenvalue weighted by Crippen LogP contribution is 2.34. The summed E-state index contributed by atoms with van der Waals surface area (Å²) < 4.78 is 12.6. The highest BCUT2D eigenvalue weighted by atomic mass is 28.4. The quantitative estimate of drug-likeness (QED) is 0.340. The second-order valence-electron chi connectivity index (χ2n) is 7.08. The molecule has 0 heterocycles. The van der Waals surface area contributed by atoms with Gasteiger partial charge in [0.2, 0.25) is 0 Å². The Morgan fingerprint density at radius 1 is 1.00 bits per heavy atom. The van der Waals surface area contributed by atoms with Crippen LogP contribution in [0.3, 0.4) is 0 Å². The third kappa shape index (κ3) is 4.55. The molecule has 1 aliphatic rings. The second kappa shape index (κ2) is 7.79. The lowest BCUT2D eigenvalue weighted by atomic mass is 9.91. The standard InChI is InChI=1S/C23H26O2Si/c1-18-14-17-21-12-8-9-13-22(21)23(18)25-26(3,4)24-19(2)15-16-20-10-6-5-7-11-20/h5-13,15-16H,2,14,17H2,1,3-4H3/b16-15+. The molecule has 3 rings (SSSR count). The van der Waals surface area contributed by atoms with Crippen molar-refractivity contribution in [3.05, 3.63) is 95.3 Å². The smallest absolute Gasteiger partial charge is 0.454 e. The Hall–Kier alpha value is -2.52. The lowest BCUT2D eigenvalue weighted by Crippen LogP contribution is -2.34. The molecular formula is C23H26O2Si. The van der Waals surface area contributed by atoms with Crippen molar-refractivity contribution >= 4 is 20.4 Å². The van der Waals surface area contributed by atoms with Crippen LogP contribution in [-0.4, -0.2) is 8.56 Å². The topological polar surface area (TPSA) is 18.5 Å². The first-order valence-corrected chi connectivity index (χ1v) is 11.8. The van der Waals surface area contributed by atoms with Crippen molar-refractivity contribution in [2.45, 2.75) is 32.9 Å². The van der Waals surface area contributed by atoms with Gasteiger partial charge in [-0.2, -0.15) is 0 Å². The van der Waals surface area contributed by atoms with Crippen LogP contribution in [0.25, 0.3) is 11.8 Å². The molecule has 0 atom stereocenters. The molecule has 0 unspecified atom stereocenters. The van der Waals surface area contributed by atoms with Gasteiger partial charge in [0.05, 0.1) is 5.76 Å². The molecule has 0 N–H and O–H groups in total. The fourth-order valence-corrected chi connectivity index (χ4v) is 4.65. The number of aryl methyl sites for hydroxylation is 1. The van der Waals surface area contributed by atoms with E-state index in [0.29, 0.717) is 5.76 Å². The number of fused-ring (bicyclic) bond motifs is 1. The average molecular weight is 363 g/mol. The zero-order valence-electron chi connectivity index (χ0n) is 15.8. The van der Waals surface area contributed by atoms with Crippen molar-refractivity contribution in [1.82, 2.24) is 0 Å². The van der Waals surface area contributed by atoms with Gasteiger partial charge in [0.25, 0.3) is 0 Å². The molecule has 0 fully saturated rings. The molecule has 2 nitrogen and oxygen atoms in total. The lowest BCUT2D eigenvalue weighted by Gasteiger charge is -2.30. The van der Waals surface area contributed by atoms with Crippen molar-refractivity contribution in [2.75, 3.05) is 0 Å². The van der Waals surface area contributed by atoms with Crippen LogP contribution in [0.4, 0.5) is 0 Å². The summed E-state index contributed by atoms with van der Waals surface area (Å²) in [6.45, 7) is 10.3. The van der Waals surface area contributed by atoms with Gasteiger partial charge in [0.15, 0.2) is 0 Å². The Morgan fingerprint density at radius 2 is 1.69 bits per heavy atom. The van der Waals surface area contributed by atoms with Crippen LogP contribution in [0.5, 0.6) is 0 Å². The second-order valence-corrected chi connectivity index (χ2v) is 10.3. The van der Waals surface area contributed by atoms with Crippen LogP contribution in [0.2, 0.25) is 13.1 Å². The van der Waals surface area contributed by atoms with Gasteiger partial charge in [-0.1, -0.05) is 67.3 Å². The number of hydrogen-bond donors (Lipinski definition) is 0. The van der Waals surface area contributed by atoms with Crippen LogP contribution >= 0.6 is 0 Å². The normalized spacial score (nSPS) is 14.3. The fraction of sp³-hybridized carbons (Fsp3) is 0.217. The van der Waals surface area contributed by atoms with Gasteiger partial charge < -0.3 is 8.85 Å². The number of hydrogen-bond acceptors (Lipinski definition) is 2. The minimum absolute atomic E-state index is 0.632. The third-order valence-electron chi connectivity index (χ3n) is 4.40. The summed E-state index contributed by atoms with van der Waals surface area (Å²) in [5, 5.41) is 0. The molecule has 0 saturated heterocycles. The summed E-state index contributed by atoms with van der Waals surface area (Å²) >= 11 is 0. The van der Waals surface area contributed by atoms with Crippen molar-refractivity contribution in [1.29, 1.82) is 0 Å². The minimum Gasteiger partial charge on any atom is -0.513 e. The first-order valence-electron chi connectivity index (χ1n) is 9.03. The van der Waals surface area contributed by atoms with E-state index < -0.39 is 8.56 Å². The highest BCUT2D eigenvalue weighted by Gasteiger charge is 2.32. The van der Waals surface area contributed by atoms with Crippen LogP contribution in [0.1, 0.15) is 30.0 Å². The van der Waals surface area contributed by atoms with Crippen molar-refractivity contribution in [3.8, 4) is 0 Å². The summed E-state index contributed by atoms with van der Waals surface area (Å²) in [5.41, 5.74) is 4.96. The van der Waals surface area contributed by atoms with E-state index in [2.05, 4.69) is 63.0 Å². The molecule has 26 heavy (non-hydrogen) atoms. The molecule has 0 amide bonds. The van der Waals surface area contributed by atoms with Gasteiger partial charge in [-0.25, -0.2) is 0 Å². The predicted octanol–water partition coefficient (Wildman–Crippen LogP) is 6.33. The monoisotopic (exact) mass is 362 g/mol. The largest absolute Gasteiger partial charge is 0.513 e. The molecule has 0 radical (unpaired) electrons. The molecule has 2 aromatic carbocycles. The van der Waals surface area contributed by atoms with E-state index in [1.165, 1.54) is 16.7 Å². The Balaban J connectivity index is 1.70. The van der Waals surface area contributed by atoms with Crippen LogP contribution < -0.4 is 0 Å². The maximum absolute atomic E-state index is 6.44. The predicted molar refractivity (Wildman–Crippen MR) is 112 cm³/mol. The van der Waals surface area contributed by atoms with Crippen LogP contribution in [0, 0.1) is 0 Å². The molecule has 0 spiro atoms.